The van der Waals surface area contributed by atoms with Gasteiger partial charge in [-0.05, 0) is 24.3 Å². The van der Waals surface area contributed by atoms with Crippen LogP contribution in [0.1, 0.15) is 0 Å². The predicted molar refractivity (Wildman–Crippen MR) is 86.0 cm³/mol. The Balaban J connectivity index is 1.73. The van der Waals surface area contributed by atoms with Crippen LogP contribution in [0.25, 0.3) is 0 Å². The summed E-state index contributed by atoms with van der Waals surface area (Å²) in [6.07, 6.45) is 0. The summed E-state index contributed by atoms with van der Waals surface area (Å²) in [7, 11) is 1.69. The number of hydrogen-bond donors (Lipinski definition) is 2. The Labute approximate surface area is 133 Å². The molecule has 1 fully saturated rings. The molecule has 1 aliphatic rings. The fraction of sp³-hybridized carbons (Fsp3) is 0.333. The second-order valence-corrected chi connectivity index (χ2v) is 5.21. The van der Waals surface area contributed by atoms with E-state index in [0.717, 1.165) is 48.2 Å². The van der Waals surface area contributed by atoms with E-state index in [-0.39, 0.29) is 5.49 Å². The zero-order valence-electron chi connectivity index (χ0n) is 12.9. The second-order valence-electron chi connectivity index (χ2n) is 5.21. The maximum Gasteiger partial charge on any atom is 0.168 e. The fourth-order valence-corrected chi connectivity index (χ4v) is 2.72. The number of piperazine rings is 1. The molecular formula is C15H19N7O. The van der Waals surface area contributed by atoms with Crippen molar-refractivity contribution in [3.63, 3.8) is 0 Å². The molecule has 0 unspecified atom stereocenters. The van der Waals surface area contributed by atoms with E-state index >= 15 is 0 Å². The quantitative estimate of drug-likeness (QED) is 0.836. The molecule has 0 atom stereocenters. The summed E-state index contributed by atoms with van der Waals surface area (Å²) in [5, 5.41) is 15.0. The zero-order chi connectivity index (χ0) is 16.2. The molecule has 2 heterocycles. The lowest BCUT2D eigenvalue weighted by atomic mass is 10.2. The highest BCUT2D eigenvalue weighted by atomic mass is 16.5. The fourth-order valence-electron chi connectivity index (χ4n) is 2.72. The molecule has 0 aliphatic carbocycles. The number of nitrogens with zero attached hydrogens (tertiary/aromatic N) is 5. The van der Waals surface area contributed by atoms with Crippen LogP contribution in [0.4, 0.5) is 11.5 Å². The molecule has 1 aromatic heterocycles. The first-order valence-corrected chi connectivity index (χ1v) is 7.38. The number of para-hydroxylation sites is 2. The summed E-state index contributed by atoms with van der Waals surface area (Å²) >= 11 is 0. The Morgan fingerprint density at radius 3 is 2.43 bits per heavy atom. The van der Waals surface area contributed by atoms with E-state index in [4.69, 9.17) is 15.7 Å². The molecule has 2 aromatic rings. The van der Waals surface area contributed by atoms with Gasteiger partial charge in [0.05, 0.1) is 12.8 Å². The standard InChI is InChI=1S/C15H19N7O/c1-23-13-5-3-2-4-12(13)20-8-10-21(11-9-20)15-7-6-14(16)22(18-15)19-17/h2-7,16-17H,8-11H2,1H3. The summed E-state index contributed by atoms with van der Waals surface area (Å²) in [6, 6.07) is 11.4. The van der Waals surface area contributed by atoms with Crippen LogP contribution in [0.15, 0.2) is 41.6 Å². The minimum atomic E-state index is 0.0939. The normalized spacial score (nSPS) is 14.7. The highest BCUT2D eigenvalue weighted by Crippen LogP contribution is 2.28. The van der Waals surface area contributed by atoms with Crippen molar-refractivity contribution in [2.75, 3.05) is 43.1 Å². The van der Waals surface area contributed by atoms with Gasteiger partial charge < -0.3 is 14.5 Å². The summed E-state index contributed by atoms with van der Waals surface area (Å²) in [4.78, 5) is 5.44. The Kier molecular flexibility index (Phi) is 4.22. The summed E-state index contributed by atoms with van der Waals surface area (Å²) in [5.74, 6) is 1.61. The highest BCUT2D eigenvalue weighted by molar-refractivity contribution is 5.59. The lowest BCUT2D eigenvalue weighted by Gasteiger charge is -2.37. The van der Waals surface area contributed by atoms with Crippen LogP contribution in [0, 0.1) is 10.9 Å². The van der Waals surface area contributed by atoms with Crippen molar-refractivity contribution in [2.45, 2.75) is 0 Å². The van der Waals surface area contributed by atoms with Crippen molar-refractivity contribution in [3.05, 3.63) is 41.9 Å². The number of methoxy groups -OCH3 is 1. The molecule has 0 amide bonds. The van der Waals surface area contributed by atoms with Crippen LogP contribution in [0.3, 0.4) is 0 Å². The largest absolute Gasteiger partial charge is 0.495 e. The van der Waals surface area contributed by atoms with Gasteiger partial charge in [-0.2, -0.15) is 5.53 Å². The van der Waals surface area contributed by atoms with Crippen molar-refractivity contribution < 1.29 is 4.74 Å². The topological polar surface area (TPSA) is 93.6 Å². The van der Waals surface area contributed by atoms with Crippen molar-refractivity contribution in [1.29, 1.82) is 10.9 Å². The van der Waals surface area contributed by atoms with Gasteiger partial charge in [-0.25, -0.2) is 0 Å². The van der Waals surface area contributed by atoms with E-state index in [1.165, 1.54) is 0 Å². The number of rotatable bonds is 4. The first-order chi connectivity index (χ1) is 11.2. The van der Waals surface area contributed by atoms with Gasteiger partial charge in [0.25, 0.3) is 0 Å². The molecule has 23 heavy (non-hydrogen) atoms. The lowest BCUT2D eigenvalue weighted by Crippen LogP contribution is -2.47. The minimum absolute atomic E-state index is 0.0939. The number of benzene rings is 1. The number of ether oxygens (including phenoxy) is 1. The lowest BCUT2D eigenvalue weighted by molar-refractivity contribution is 0.413. The van der Waals surface area contributed by atoms with Crippen LogP contribution in [0.5, 0.6) is 5.75 Å². The molecule has 2 N–H and O–H groups in total. The van der Waals surface area contributed by atoms with Crippen LogP contribution in [0.2, 0.25) is 0 Å². The van der Waals surface area contributed by atoms with Gasteiger partial charge in [0, 0.05) is 26.2 Å². The third-order valence-electron chi connectivity index (χ3n) is 3.93. The van der Waals surface area contributed by atoms with E-state index < -0.39 is 0 Å². The second kappa shape index (κ2) is 6.47. The first-order valence-electron chi connectivity index (χ1n) is 7.38. The number of anilines is 2. The van der Waals surface area contributed by atoms with Crippen molar-refractivity contribution in [3.8, 4) is 5.75 Å². The van der Waals surface area contributed by atoms with E-state index in [1.807, 2.05) is 18.2 Å². The van der Waals surface area contributed by atoms with Gasteiger partial charge in [-0.1, -0.05) is 17.4 Å². The minimum Gasteiger partial charge on any atom is -0.495 e. The molecule has 8 heteroatoms. The van der Waals surface area contributed by atoms with Crippen molar-refractivity contribution >= 4 is 11.5 Å². The third kappa shape index (κ3) is 3.01. The molecule has 0 radical (unpaired) electrons. The molecule has 0 saturated carbocycles. The molecule has 0 spiro atoms. The van der Waals surface area contributed by atoms with E-state index in [1.54, 1.807) is 19.2 Å². The van der Waals surface area contributed by atoms with Gasteiger partial charge in [-0.15, -0.1) is 9.89 Å². The Morgan fingerprint density at radius 2 is 1.74 bits per heavy atom. The average Bonchev–Trinajstić information content (AvgIpc) is 2.62. The van der Waals surface area contributed by atoms with Crippen molar-refractivity contribution in [2.24, 2.45) is 5.22 Å². The smallest absolute Gasteiger partial charge is 0.168 e. The Morgan fingerprint density at radius 1 is 1.04 bits per heavy atom. The Bertz CT molecular complexity index is 749. The number of hydrogen-bond acceptors (Lipinski definition) is 7. The molecule has 0 bridgehead atoms. The van der Waals surface area contributed by atoms with Gasteiger partial charge in [0.1, 0.15) is 5.75 Å². The summed E-state index contributed by atoms with van der Waals surface area (Å²) in [5.41, 5.74) is 8.24. The van der Waals surface area contributed by atoms with Crippen molar-refractivity contribution in [1.82, 2.24) is 9.89 Å². The number of aromatic nitrogens is 2. The molecule has 120 valence electrons. The molecular weight excluding hydrogens is 294 g/mol. The summed E-state index contributed by atoms with van der Waals surface area (Å²) in [6.45, 7) is 3.31. The van der Waals surface area contributed by atoms with E-state index in [0.29, 0.717) is 0 Å². The van der Waals surface area contributed by atoms with Crippen LogP contribution in [-0.2, 0) is 0 Å². The maximum absolute atomic E-state index is 7.62. The Hall–Kier alpha value is -2.90. The van der Waals surface area contributed by atoms with Crippen LogP contribution >= 0.6 is 0 Å². The van der Waals surface area contributed by atoms with Gasteiger partial charge >= 0.3 is 0 Å². The van der Waals surface area contributed by atoms with Gasteiger partial charge in [0.15, 0.2) is 11.3 Å². The zero-order valence-corrected chi connectivity index (χ0v) is 12.9. The SMILES string of the molecule is COc1ccccc1N1CCN(c2ccc(=N)n(N=N)n2)CC1. The number of nitrogens with one attached hydrogen (secondary N) is 2. The maximum atomic E-state index is 7.62. The summed E-state index contributed by atoms with van der Waals surface area (Å²) < 4.78 is 5.43. The molecule has 1 aromatic carbocycles. The van der Waals surface area contributed by atoms with Crippen LogP contribution in [-0.4, -0.2) is 43.2 Å². The molecule has 1 aliphatic heterocycles. The predicted octanol–water partition coefficient (Wildman–Crippen LogP) is 1.49. The molecule has 8 nitrogen and oxygen atoms in total. The van der Waals surface area contributed by atoms with Crippen LogP contribution < -0.4 is 20.0 Å². The van der Waals surface area contributed by atoms with E-state index in [2.05, 4.69) is 26.2 Å². The highest BCUT2D eigenvalue weighted by Gasteiger charge is 2.20. The monoisotopic (exact) mass is 313 g/mol. The van der Waals surface area contributed by atoms with E-state index in [9.17, 15) is 0 Å². The average molecular weight is 313 g/mol. The van der Waals surface area contributed by atoms with Gasteiger partial charge in [-0.3, -0.25) is 5.41 Å². The van der Waals surface area contributed by atoms with Gasteiger partial charge in [0.2, 0.25) is 0 Å². The molecule has 3 rings (SSSR count). The molecule has 1 saturated heterocycles. The third-order valence-corrected chi connectivity index (χ3v) is 3.93. The first kappa shape index (κ1) is 15.0.